The Morgan fingerprint density at radius 1 is 0.962 bits per heavy atom. The summed E-state index contributed by atoms with van der Waals surface area (Å²) < 4.78 is 1.96. The molecule has 1 N–H and O–H groups in total. The van der Waals surface area contributed by atoms with Crippen LogP contribution in [-0.4, -0.2) is 16.3 Å². The zero-order chi connectivity index (χ0) is 17.5. The summed E-state index contributed by atoms with van der Waals surface area (Å²) in [6.45, 7) is 0.918. The second-order valence-electron chi connectivity index (χ2n) is 6.45. The number of nitriles is 1. The van der Waals surface area contributed by atoms with Crippen LogP contribution in [0.4, 0.5) is 5.82 Å². The van der Waals surface area contributed by atoms with E-state index in [0.29, 0.717) is 5.56 Å². The molecule has 1 aliphatic rings. The lowest BCUT2D eigenvalue weighted by Gasteiger charge is -2.07. The third-order valence-corrected chi connectivity index (χ3v) is 4.94. The van der Waals surface area contributed by atoms with Gasteiger partial charge in [0.05, 0.1) is 23.0 Å². The van der Waals surface area contributed by atoms with Crippen LogP contribution < -0.4 is 5.32 Å². The highest BCUT2D eigenvalue weighted by Gasteiger charge is 2.24. The molecule has 2 heterocycles. The van der Waals surface area contributed by atoms with Gasteiger partial charge in [0.2, 0.25) is 0 Å². The number of benzene rings is 3. The Hall–Kier alpha value is -3.58. The molecule has 0 radical (unpaired) electrons. The first-order valence-corrected chi connectivity index (χ1v) is 8.69. The fourth-order valence-electron chi connectivity index (χ4n) is 3.69. The summed E-state index contributed by atoms with van der Waals surface area (Å²) >= 11 is 0. The Balaban J connectivity index is 1.72. The number of nitrogens with one attached hydrogen (secondary N) is 1. The van der Waals surface area contributed by atoms with Gasteiger partial charge < -0.3 is 5.32 Å². The summed E-state index contributed by atoms with van der Waals surface area (Å²) in [7, 11) is 0. The van der Waals surface area contributed by atoms with Crippen molar-refractivity contribution < 1.29 is 0 Å². The van der Waals surface area contributed by atoms with Crippen molar-refractivity contribution in [3.05, 3.63) is 77.9 Å². The molecule has 0 spiro atoms. The number of fused-ring (bicyclic) bond motifs is 2. The predicted molar refractivity (Wildman–Crippen MR) is 103 cm³/mol. The van der Waals surface area contributed by atoms with E-state index in [1.54, 1.807) is 0 Å². The van der Waals surface area contributed by atoms with Crippen molar-refractivity contribution in [3.8, 4) is 23.0 Å². The van der Waals surface area contributed by atoms with Crippen LogP contribution in [0.3, 0.4) is 0 Å². The molecule has 0 aliphatic carbocycles. The fourth-order valence-corrected chi connectivity index (χ4v) is 3.69. The van der Waals surface area contributed by atoms with Crippen LogP contribution in [0.15, 0.2) is 66.7 Å². The lowest BCUT2D eigenvalue weighted by molar-refractivity contribution is 0.883. The van der Waals surface area contributed by atoms with Crippen LogP contribution in [0, 0.1) is 11.3 Å². The first-order chi connectivity index (χ1) is 12.8. The van der Waals surface area contributed by atoms with Crippen molar-refractivity contribution in [1.82, 2.24) is 9.78 Å². The smallest absolute Gasteiger partial charge is 0.133 e. The zero-order valence-electron chi connectivity index (χ0n) is 14.1. The number of hydrogen-bond acceptors (Lipinski definition) is 3. The molecule has 3 aromatic carbocycles. The molecule has 0 saturated heterocycles. The number of aromatic nitrogens is 2. The van der Waals surface area contributed by atoms with Crippen molar-refractivity contribution in [1.29, 1.82) is 5.26 Å². The van der Waals surface area contributed by atoms with Crippen molar-refractivity contribution in [2.24, 2.45) is 0 Å². The first kappa shape index (κ1) is 14.7. The Labute approximate surface area is 151 Å². The monoisotopic (exact) mass is 336 g/mol. The van der Waals surface area contributed by atoms with E-state index in [2.05, 4.69) is 53.9 Å². The Kier molecular flexibility index (Phi) is 3.26. The largest absolute Gasteiger partial charge is 0.369 e. The van der Waals surface area contributed by atoms with Gasteiger partial charge in [-0.2, -0.15) is 10.4 Å². The maximum absolute atomic E-state index is 9.02. The summed E-state index contributed by atoms with van der Waals surface area (Å²) in [5.74, 6) is 1.05. The van der Waals surface area contributed by atoms with E-state index >= 15 is 0 Å². The van der Waals surface area contributed by atoms with Gasteiger partial charge in [-0.3, -0.25) is 0 Å². The number of hydrogen-bond donors (Lipinski definition) is 1. The first-order valence-electron chi connectivity index (χ1n) is 8.69. The van der Waals surface area contributed by atoms with E-state index < -0.39 is 0 Å². The summed E-state index contributed by atoms with van der Waals surface area (Å²) in [6.07, 6.45) is 0.962. The molecule has 0 fully saturated rings. The van der Waals surface area contributed by atoms with Gasteiger partial charge in [0.25, 0.3) is 0 Å². The van der Waals surface area contributed by atoms with Crippen molar-refractivity contribution in [2.45, 2.75) is 6.42 Å². The Bertz CT molecular complexity index is 1160. The second kappa shape index (κ2) is 5.75. The molecule has 4 heteroatoms. The van der Waals surface area contributed by atoms with Gasteiger partial charge >= 0.3 is 0 Å². The molecule has 4 nitrogen and oxygen atoms in total. The molecule has 5 rings (SSSR count). The third kappa shape index (κ3) is 2.18. The van der Waals surface area contributed by atoms with Gasteiger partial charge in [-0.05, 0) is 41.5 Å². The zero-order valence-corrected chi connectivity index (χ0v) is 14.1. The van der Waals surface area contributed by atoms with Crippen molar-refractivity contribution in [3.63, 3.8) is 0 Å². The molecule has 0 bridgehead atoms. The van der Waals surface area contributed by atoms with E-state index in [9.17, 15) is 0 Å². The van der Waals surface area contributed by atoms with Gasteiger partial charge in [0.15, 0.2) is 0 Å². The van der Waals surface area contributed by atoms with E-state index in [4.69, 9.17) is 10.4 Å². The molecular formula is C22H16N4. The van der Waals surface area contributed by atoms with Crippen LogP contribution in [0.25, 0.3) is 27.7 Å². The minimum atomic E-state index is 0.653. The molecule has 0 unspecified atom stereocenters. The molecule has 1 aromatic heterocycles. The standard InChI is InChI=1S/C22H16N4/c23-14-15-8-10-17(11-9-15)26-22-20(12-13-24-22)21(25-26)19-7-3-5-16-4-1-2-6-18(16)19/h1-11,24H,12-13H2. The Morgan fingerprint density at radius 3 is 2.62 bits per heavy atom. The molecule has 0 atom stereocenters. The summed E-state index contributed by atoms with van der Waals surface area (Å²) in [5.41, 5.74) is 5.06. The SMILES string of the molecule is N#Cc1ccc(-n2nc(-c3cccc4ccccc34)c3c2NCC3)cc1. The molecule has 0 saturated carbocycles. The molecule has 26 heavy (non-hydrogen) atoms. The topological polar surface area (TPSA) is 53.6 Å². The van der Waals surface area contributed by atoms with E-state index in [1.807, 2.05) is 28.9 Å². The summed E-state index contributed by atoms with van der Waals surface area (Å²) in [5, 5.41) is 19.9. The number of rotatable bonds is 2. The van der Waals surface area contributed by atoms with Crippen LogP contribution in [0.5, 0.6) is 0 Å². The molecular weight excluding hydrogens is 320 g/mol. The molecule has 0 amide bonds. The second-order valence-corrected chi connectivity index (χ2v) is 6.45. The summed E-state index contributed by atoms with van der Waals surface area (Å²) in [4.78, 5) is 0. The van der Waals surface area contributed by atoms with Gasteiger partial charge in [-0.1, -0.05) is 42.5 Å². The van der Waals surface area contributed by atoms with Crippen LogP contribution in [0.2, 0.25) is 0 Å². The van der Waals surface area contributed by atoms with Crippen LogP contribution in [-0.2, 0) is 6.42 Å². The maximum Gasteiger partial charge on any atom is 0.133 e. The molecule has 4 aromatic rings. The average Bonchev–Trinajstić information content (AvgIpc) is 3.30. The van der Waals surface area contributed by atoms with Crippen molar-refractivity contribution >= 4 is 16.6 Å². The lowest BCUT2D eigenvalue weighted by atomic mass is 9.99. The van der Waals surface area contributed by atoms with Crippen LogP contribution >= 0.6 is 0 Å². The maximum atomic E-state index is 9.02. The predicted octanol–water partition coefficient (Wildman–Crippen LogP) is 4.53. The highest BCUT2D eigenvalue weighted by molar-refractivity contribution is 5.97. The third-order valence-electron chi connectivity index (χ3n) is 4.94. The Morgan fingerprint density at radius 2 is 1.77 bits per heavy atom. The van der Waals surface area contributed by atoms with Crippen molar-refractivity contribution in [2.75, 3.05) is 11.9 Å². The minimum absolute atomic E-state index is 0.653. The van der Waals surface area contributed by atoms with Gasteiger partial charge in [-0.15, -0.1) is 0 Å². The minimum Gasteiger partial charge on any atom is -0.369 e. The highest BCUT2D eigenvalue weighted by Crippen LogP contribution is 2.37. The highest BCUT2D eigenvalue weighted by atomic mass is 15.3. The molecule has 124 valence electrons. The quantitative estimate of drug-likeness (QED) is 0.585. The number of nitrogens with zero attached hydrogens (tertiary/aromatic N) is 3. The van der Waals surface area contributed by atoms with E-state index in [-0.39, 0.29) is 0 Å². The summed E-state index contributed by atoms with van der Waals surface area (Å²) in [6, 6.07) is 24.5. The fraction of sp³-hybridized carbons (Fsp3) is 0.0909. The van der Waals surface area contributed by atoms with E-state index in [1.165, 1.54) is 16.3 Å². The van der Waals surface area contributed by atoms with Gasteiger partial charge in [-0.25, -0.2) is 4.68 Å². The van der Waals surface area contributed by atoms with Gasteiger partial charge in [0, 0.05) is 17.7 Å². The molecule has 1 aliphatic heterocycles. The average molecular weight is 336 g/mol. The van der Waals surface area contributed by atoms with E-state index in [0.717, 1.165) is 35.7 Å². The number of anilines is 1. The lowest BCUT2D eigenvalue weighted by Crippen LogP contribution is -2.04. The van der Waals surface area contributed by atoms with Crippen LogP contribution in [0.1, 0.15) is 11.1 Å². The van der Waals surface area contributed by atoms with Gasteiger partial charge in [0.1, 0.15) is 5.82 Å². The normalized spacial score (nSPS) is 12.6.